The molecule has 0 amide bonds. The first kappa shape index (κ1) is 48.4. The van der Waals surface area contributed by atoms with Crippen molar-refractivity contribution >= 4 is 59.7 Å². The molecular weight excluding hydrogens is 896 g/mol. The third kappa shape index (κ3) is 16.4. The number of esters is 10. The van der Waals surface area contributed by atoms with E-state index in [1.807, 2.05) is 0 Å². The Morgan fingerprint density at radius 3 is 1.02 bits per heavy atom. The van der Waals surface area contributed by atoms with Gasteiger partial charge in [0.25, 0.3) is 0 Å². The minimum absolute atomic E-state index is 0.0556. The first-order chi connectivity index (χ1) is 33.1. The van der Waals surface area contributed by atoms with Gasteiger partial charge in [0.15, 0.2) is 61.6 Å². The summed E-state index contributed by atoms with van der Waals surface area (Å²) in [7, 11) is 0. The summed E-state index contributed by atoms with van der Waals surface area (Å²) in [5, 5.41) is 0. The molecule has 0 bridgehead atoms. The molecule has 3 heterocycles. The Morgan fingerprint density at radius 2 is 0.652 bits per heavy atom. The fourth-order valence-electron chi connectivity index (χ4n) is 6.91. The summed E-state index contributed by atoms with van der Waals surface area (Å²) >= 11 is 0. The van der Waals surface area contributed by atoms with E-state index < -0.39 is 199 Å². The number of hydrogen-bond acceptors (Lipinski definition) is 26. The maximum absolute atomic E-state index is 13.0. The lowest BCUT2D eigenvalue weighted by molar-refractivity contribution is -0.380. The molecule has 0 radical (unpaired) electrons. The molecule has 1 unspecified atom stereocenters. The van der Waals surface area contributed by atoms with Crippen LogP contribution in [0.4, 0.5) is 0 Å². The zero-order chi connectivity index (χ0) is 52.4. The third-order valence-corrected chi connectivity index (χ3v) is 9.01. The molecule has 0 spiro atoms. The second-order valence-corrected chi connectivity index (χ2v) is 14.2. The highest BCUT2D eigenvalue weighted by Gasteiger charge is 2.60. The van der Waals surface area contributed by atoms with Crippen LogP contribution in [0.3, 0.4) is 0 Å². The van der Waals surface area contributed by atoms with Crippen LogP contribution >= 0.6 is 0 Å². The van der Waals surface area contributed by atoms with E-state index in [1.54, 1.807) is 6.92 Å². The van der Waals surface area contributed by atoms with Gasteiger partial charge in [0.1, 0.15) is 50.3 Å². The summed E-state index contributed by atoms with van der Waals surface area (Å²) in [4.78, 5) is 126. The van der Waals surface area contributed by atoms with Gasteiger partial charge in [-0.25, -0.2) is 0 Å². The highest BCUT2D eigenvalue weighted by atomic mass is 16.8. The van der Waals surface area contributed by atoms with Gasteiger partial charge in [-0.15, -0.1) is 0 Å². The average Bonchev–Trinajstić information content (AvgIpc) is 3.28. The molecule has 3 aliphatic rings. The van der Waals surface area contributed by atoms with Crippen molar-refractivity contribution in [3.05, 3.63) is 0 Å². The van der Waals surface area contributed by atoms with Gasteiger partial charge < -0.3 is 75.8 Å². The minimum atomic E-state index is -2.21. The van der Waals surface area contributed by atoms with Crippen molar-refractivity contribution in [2.75, 3.05) is 26.4 Å². The first-order valence-corrected chi connectivity index (χ1v) is 19.8. The molecule has 0 N–H and O–H groups in total. The number of ether oxygens (including phenoxy) is 16. The lowest BCUT2D eigenvalue weighted by Crippen LogP contribution is -2.69. The van der Waals surface area contributed by atoms with Crippen LogP contribution in [0.1, 0.15) is 81.5 Å². The van der Waals surface area contributed by atoms with Gasteiger partial charge in [-0.05, 0) is 6.92 Å². The smallest absolute Gasteiger partial charge is 0.303 e. The van der Waals surface area contributed by atoms with Crippen LogP contribution in [0.15, 0.2) is 0 Å². The van der Waals surface area contributed by atoms with Crippen LogP contribution in [0.25, 0.3) is 0 Å². The fraction of sp³-hybridized carbons (Fsp3) is 0.750. The molecule has 0 aliphatic carbocycles. The first-order valence-electron chi connectivity index (χ1n) is 22.7. The third-order valence-electron chi connectivity index (χ3n) is 9.01. The molecule has 3 saturated heterocycles. The quantitative estimate of drug-likeness (QED) is 0.113. The van der Waals surface area contributed by atoms with E-state index >= 15 is 0 Å². The molecule has 0 aromatic heterocycles. The van der Waals surface area contributed by atoms with Gasteiger partial charge in [-0.1, -0.05) is 0 Å². The van der Waals surface area contributed by atoms with E-state index in [1.165, 1.54) is 0 Å². The standard InChI is InChI=1S/C40H56O26/c1-12-51-38-35(59-23(9)48)33(57-21(7)46)30(27(62-38)14-53-17(3)42)65-40-37(61-25(11)50)34(58-22(8)47)31(28(64-40)15-54-18(4)43)66-39-36(60-24(10)49)32(56-20(6)45)29(55-19(5)44)26(63-39)13-52-16(2)41/h26-40H,12-15H2,1-11H3/t26-,27-,28-,29+,30-,31+,32+,33+,34+,35-,36-,37-,38-,39?,40+/m1/s1/i2D,5D,6D,10D. The molecule has 3 fully saturated rings. The Bertz CT molecular complexity index is 1850. The van der Waals surface area contributed by atoms with Gasteiger partial charge in [0.2, 0.25) is 0 Å². The van der Waals surface area contributed by atoms with Crippen molar-refractivity contribution in [1.29, 1.82) is 0 Å². The topological polar surface area (TPSA) is 318 Å². The Balaban J connectivity index is 2.33. The van der Waals surface area contributed by atoms with Crippen molar-refractivity contribution in [3.8, 4) is 0 Å². The van der Waals surface area contributed by atoms with Crippen molar-refractivity contribution in [2.24, 2.45) is 0 Å². The predicted molar refractivity (Wildman–Crippen MR) is 206 cm³/mol. The number of carbonyl (C=O) groups is 10. The van der Waals surface area contributed by atoms with Crippen LogP contribution < -0.4 is 0 Å². The Kier molecular flexibility index (Phi) is 18.6. The minimum Gasteiger partial charge on any atom is -0.463 e. The highest BCUT2D eigenvalue weighted by Crippen LogP contribution is 2.38. The maximum atomic E-state index is 13.0. The number of carbonyl (C=O) groups excluding carboxylic acids is 10. The van der Waals surface area contributed by atoms with Crippen molar-refractivity contribution < 1.29 is 129 Å². The SMILES string of the molecule is [2H]CC(=O)OC[C@H]1OC(O[C@@H]2[C@H](OC(C)=O)[C@@H](OC(C)=O)[C@H](O[C@H]3[C@H](OC(C)=O)[C@@H](OC(C)=O)[C@H](OCC)O[C@@H]3COC(C)=O)O[C@@H]2COC(C)=O)[C@H](OC(=O)C[2H])[C@@H](OC(=O)C[2H])[C@H]1OC(=O)C[2H]. The summed E-state index contributed by atoms with van der Waals surface area (Å²) in [5.41, 5.74) is 0. The monoisotopic (exact) mass is 956 g/mol. The zero-order valence-electron chi connectivity index (χ0n) is 40.9. The van der Waals surface area contributed by atoms with Crippen molar-refractivity contribution in [2.45, 2.75) is 168 Å². The van der Waals surface area contributed by atoms with E-state index in [2.05, 4.69) is 0 Å². The molecule has 26 nitrogen and oxygen atoms in total. The second kappa shape index (κ2) is 25.4. The van der Waals surface area contributed by atoms with Crippen molar-refractivity contribution in [1.82, 2.24) is 0 Å². The normalized spacial score (nSPS) is 32.4. The lowest BCUT2D eigenvalue weighted by Gasteiger charge is -2.50. The average molecular weight is 957 g/mol. The van der Waals surface area contributed by atoms with Gasteiger partial charge >= 0.3 is 59.7 Å². The molecule has 3 aliphatic heterocycles. The Hall–Kier alpha value is -5.54. The zero-order valence-corrected chi connectivity index (χ0v) is 36.9. The van der Waals surface area contributed by atoms with E-state index in [-0.39, 0.29) is 6.61 Å². The molecule has 0 aromatic carbocycles. The molecule has 0 aromatic rings. The Morgan fingerprint density at radius 1 is 0.364 bits per heavy atom. The highest BCUT2D eigenvalue weighted by molar-refractivity contribution is 5.70. The van der Waals surface area contributed by atoms with Crippen LogP contribution in [-0.2, 0) is 124 Å². The number of hydrogen-bond donors (Lipinski definition) is 0. The van der Waals surface area contributed by atoms with Gasteiger partial charge in [-0.3, -0.25) is 47.9 Å². The van der Waals surface area contributed by atoms with Crippen molar-refractivity contribution in [3.63, 3.8) is 0 Å². The summed E-state index contributed by atoms with van der Waals surface area (Å²) in [5.74, 6) is -11.0. The van der Waals surface area contributed by atoms with Crippen LogP contribution in [0.5, 0.6) is 0 Å². The largest absolute Gasteiger partial charge is 0.463 e. The van der Waals surface area contributed by atoms with Crippen LogP contribution in [0, 0.1) is 0 Å². The summed E-state index contributed by atoms with van der Waals surface area (Å²) < 4.78 is 121. The van der Waals surface area contributed by atoms with E-state index in [0.29, 0.717) is 0 Å². The van der Waals surface area contributed by atoms with E-state index in [4.69, 9.17) is 81.3 Å². The van der Waals surface area contributed by atoms with E-state index in [0.717, 1.165) is 41.5 Å². The molecule has 66 heavy (non-hydrogen) atoms. The van der Waals surface area contributed by atoms with Crippen LogP contribution in [-0.4, -0.2) is 178 Å². The van der Waals surface area contributed by atoms with Gasteiger partial charge in [0.05, 0.1) is 0 Å². The molecular formula is C40H56O26. The van der Waals surface area contributed by atoms with Gasteiger partial charge in [0, 0.05) is 81.2 Å². The molecule has 372 valence electrons. The molecule has 26 heteroatoms. The second-order valence-electron chi connectivity index (χ2n) is 14.2. The molecule has 3 rings (SSSR count). The molecule has 15 atom stereocenters. The Labute approximate surface area is 383 Å². The summed E-state index contributed by atoms with van der Waals surface area (Å²) in [6, 6.07) is 0. The summed E-state index contributed by atoms with van der Waals surface area (Å²) in [6.07, 6.45) is -28.2. The van der Waals surface area contributed by atoms with Crippen LogP contribution in [0.2, 0.25) is 0 Å². The summed E-state index contributed by atoms with van der Waals surface area (Å²) in [6.45, 7) is 0.777. The predicted octanol–water partition coefficient (Wildman–Crippen LogP) is -0.821. The number of rotatable bonds is 19. The van der Waals surface area contributed by atoms with E-state index in [9.17, 15) is 47.9 Å². The maximum Gasteiger partial charge on any atom is 0.303 e. The lowest BCUT2D eigenvalue weighted by atomic mass is 9.95. The van der Waals surface area contributed by atoms with Gasteiger partial charge in [-0.2, -0.15) is 0 Å². The molecule has 0 saturated carbocycles. The fourth-order valence-corrected chi connectivity index (χ4v) is 6.91.